The zero-order chi connectivity index (χ0) is 9.19. The summed E-state index contributed by atoms with van der Waals surface area (Å²) in [5.41, 5.74) is 0. The average Bonchev–Trinajstić information content (AvgIpc) is 2.03. The first-order chi connectivity index (χ1) is 5.54. The monoisotopic (exact) mass is 200 g/mol. The third-order valence-electron chi connectivity index (χ3n) is 1.68. The fourth-order valence-corrected chi connectivity index (χ4v) is 2.39. The van der Waals surface area contributed by atoms with Crippen LogP contribution in [-0.4, -0.2) is 19.6 Å². The second-order valence-corrected chi connectivity index (χ2v) is 7.15. The first kappa shape index (κ1) is 9.88. The molecule has 0 aliphatic carbocycles. The van der Waals surface area contributed by atoms with Crippen molar-refractivity contribution >= 4 is 24.2 Å². The molecule has 0 unspecified atom stereocenters. The van der Waals surface area contributed by atoms with Crippen molar-refractivity contribution in [3.05, 3.63) is 24.3 Å². The fraction of sp³-hybridized carbons (Fsp3) is 0.333. The van der Waals surface area contributed by atoms with Gasteiger partial charge in [0, 0.05) is 10.2 Å². The summed E-state index contributed by atoms with van der Waals surface area (Å²) in [6.07, 6.45) is 2.02. The van der Waals surface area contributed by atoms with Gasteiger partial charge in [0.2, 0.25) is 0 Å². The standard InChI is InChI=1S/C9H13OPS/c1-11(2,10)8-5-4-6-9(7-8)12-3/h4-7H,1-3H3. The Morgan fingerprint density at radius 1 is 1.33 bits per heavy atom. The van der Waals surface area contributed by atoms with E-state index in [2.05, 4.69) is 0 Å². The van der Waals surface area contributed by atoms with Crippen LogP contribution in [0.5, 0.6) is 0 Å². The predicted molar refractivity (Wildman–Crippen MR) is 57.3 cm³/mol. The second-order valence-electron chi connectivity index (χ2n) is 3.05. The molecule has 1 aromatic carbocycles. The summed E-state index contributed by atoms with van der Waals surface area (Å²) in [6, 6.07) is 7.93. The summed E-state index contributed by atoms with van der Waals surface area (Å²) in [5, 5.41) is 0.967. The topological polar surface area (TPSA) is 17.1 Å². The summed E-state index contributed by atoms with van der Waals surface area (Å²) < 4.78 is 11.7. The third kappa shape index (κ3) is 2.40. The van der Waals surface area contributed by atoms with Gasteiger partial charge >= 0.3 is 0 Å². The molecule has 0 spiro atoms. The molecule has 0 N–H and O–H groups in total. The summed E-state index contributed by atoms with van der Waals surface area (Å²) >= 11 is 1.68. The molecule has 12 heavy (non-hydrogen) atoms. The second kappa shape index (κ2) is 3.68. The van der Waals surface area contributed by atoms with E-state index in [9.17, 15) is 4.57 Å². The molecular formula is C9H13OPS. The molecule has 0 fully saturated rings. The van der Waals surface area contributed by atoms with Gasteiger partial charge in [0.25, 0.3) is 0 Å². The molecule has 3 heteroatoms. The predicted octanol–water partition coefficient (Wildman–Crippen LogP) is 2.66. The number of hydrogen-bond acceptors (Lipinski definition) is 2. The van der Waals surface area contributed by atoms with E-state index in [1.807, 2.05) is 30.5 Å². The van der Waals surface area contributed by atoms with Gasteiger partial charge in [0.05, 0.1) is 0 Å². The molecule has 0 saturated carbocycles. The van der Waals surface area contributed by atoms with E-state index in [0.29, 0.717) is 0 Å². The van der Waals surface area contributed by atoms with E-state index in [0.717, 1.165) is 5.30 Å². The van der Waals surface area contributed by atoms with Gasteiger partial charge in [-0.1, -0.05) is 12.1 Å². The molecule has 0 aliphatic rings. The Balaban J connectivity index is 3.11. The van der Waals surface area contributed by atoms with Crippen molar-refractivity contribution in [1.82, 2.24) is 0 Å². The van der Waals surface area contributed by atoms with Crippen LogP contribution in [0.3, 0.4) is 0 Å². The lowest BCUT2D eigenvalue weighted by molar-refractivity contribution is 0.588. The van der Waals surface area contributed by atoms with Crippen molar-refractivity contribution in [3.8, 4) is 0 Å². The van der Waals surface area contributed by atoms with E-state index >= 15 is 0 Å². The van der Waals surface area contributed by atoms with Gasteiger partial charge in [0.1, 0.15) is 7.14 Å². The zero-order valence-electron chi connectivity index (χ0n) is 7.57. The van der Waals surface area contributed by atoms with Crippen LogP contribution in [-0.2, 0) is 4.57 Å². The highest BCUT2D eigenvalue weighted by atomic mass is 32.2. The maximum Gasteiger partial charge on any atom is 0.109 e. The Kier molecular flexibility index (Phi) is 3.03. The lowest BCUT2D eigenvalue weighted by Gasteiger charge is -2.07. The summed E-state index contributed by atoms with van der Waals surface area (Å²) in [7, 11) is -2.07. The van der Waals surface area contributed by atoms with Gasteiger partial charge < -0.3 is 4.57 Å². The highest BCUT2D eigenvalue weighted by molar-refractivity contribution is 7.98. The zero-order valence-corrected chi connectivity index (χ0v) is 9.28. The van der Waals surface area contributed by atoms with Gasteiger partial charge in [-0.25, -0.2) is 0 Å². The van der Waals surface area contributed by atoms with Crippen molar-refractivity contribution < 1.29 is 4.57 Å². The van der Waals surface area contributed by atoms with E-state index < -0.39 is 7.14 Å². The van der Waals surface area contributed by atoms with Crippen LogP contribution < -0.4 is 5.30 Å². The average molecular weight is 200 g/mol. The van der Waals surface area contributed by atoms with Crippen LogP contribution in [0.2, 0.25) is 0 Å². The summed E-state index contributed by atoms with van der Waals surface area (Å²) in [5.74, 6) is 0. The molecule has 0 amide bonds. The first-order valence-electron chi connectivity index (χ1n) is 3.73. The minimum atomic E-state index is -2.07. The van der Waals surface area contributed by atoms with E-state index in [1.165, 1.54) is 4.90 Å². The van der Waals surface area contributed by atoms with Crippen LogP contribution >= 0.6 is 18.9 Å². The van der Waals surface area contributed by atoms with Gasteiger partial charge in [0.15, 0.2) is 0 Å². The van der Waals surface area contributed by atoms with Crippen molar-refractivity contribution in [2.24, 2.45) is 0 Å². The molecule has 0 radical (unpaired) electrons. The van der Waals surface area contributed by atoms with Crippen LogP contribution in [0, 0.1) is 0 Å². The Labute approximate surface area is 77.9 Å². The molecule has 0 bridgehead atoms. The maximum atomic E-state index is 11.7. The smallest absolute Gasteiger partial charge is 0.109 e. The summed E-state index contributed by atoms with van der Waals surface area (Å²) in [6.45, 7) is 3.60. The van der Waals surface area contributed by atoms with E-state index in [4.69, 9.17) is 0 Å². The first-order valence-corrected chi connectivity index (χ1v) is 7.56. The molecule has 1 nitrogen and oxygen atoms in total. The Bertz CT molecular complexity index is 316. The molecule has 0 aliphatic heterocycles. The molecule has 0 aromatic heterocycles. The van der Waals surface area contributed by atoms with Crippen LogP contribution in [0.1, 0.15) is 0 Å². The lowest BCUT2D eigenvalue weighted by atomic mass is 10.4. The van der Waals surface area contributed by atoms with Crippen LogP contribution in [0.15, 0.2) is 29.2 Å². The lowest BCUT2D eigenvalue weighted by Crippen LogP contribution is -2.01. The molecule has 0 atom stereocenters. The van der Waals surface area contributed by atoms with Gasteiger partial charge in [-0.2, -0.15) is 0 Å². The summed E-state index contributed by atoms with van der Waals surface area (Å²) in [4.78, 5) is 1.18. The molecule has 0 heterocycles. The Hall–Kier alpha value is -0.200. The van der Waals surface area contributed by atoms with E-state index in [1.54, 1.807) is 25.1 Å². The van der Waals surface area contributed by atoms with Crippen molar-refractivity contribution in [3.63, 3.8) is 0 Å². The molecule has 1 rings (SSSR count). The van der Waals surface area contributed by atoms with Gasteiger partial charge in [-0.15, -0.1) is 11.8 Å². The largest absolute Gasteiger partial charge is 0.319 e. The van der Waals surface area contributed by atoms with Gasteiger partial charge in [-0.05, 0) is 31.7 Å². The minimum absolute atomic E-state index is 0.967. The van der Waals surface area contributed by atoms with Crippen molar-refractivity contribution in [1.29, 1.82) is 0 Å². The minimum Gasteiger partial charge on any atom is -0.319 e. The van der Waals surface area contributed by atoms with E-state index in [-0.39, 0.29) is 0 Å². The third-order valence-corrected chi connectivity index (χ3v) is 3.92. The number of hydrogen-bond donors (Lipinski definition) is 0. The van der Waals surface area contributed by atoms with Crippen LogP contribution in [0.4, 0.5) is 0 Å². The molecule has 0 saturated heterocycles. The highest BCUT2D eigenvalue weighted by Crippen LogP contribution is 2.35. The quantitative estimate of drug-likeness (QED) is 0.539. The highest BCUT2D eigenvalue weighted by Gasteiger charge is 2.10. The SMILES string of the molecule is CSc1cccc(P(C)(C)=O)c1. The van der Waals surface area contributed by atoms with Crippen LogP contribution in [0.25, 0.3) is 0 Å². The maximum absolute atomic E-state index is 11.7. The van der Waals surface area contributed by atoms with Crippen molar-refractivity contribution in [2.75, 3.05) is 19.6 Å². The molecule has 66 valence electrons. The fourth-order valence-electron chi connectivity index (χ4n) is 0.945. The number of benzene rings is 1. The van der Waals surface area contributed by atoms with Crippen molar-refractivity contribution in [2.45, 2.75) is 4.90 Å². The Morgan fingerprint density at radius 2 is 2.00 bits per heavy atom. The molecule has 1 aromatic rings. The normalized spacial score (nSPS) is 11.6. The number of thioether (sulfide) groups is 1. The van der Waals surface area contributed by atoms with Gasteiger partial charge in [-0.3, -0.25) is 0 Å². The Morgan fingerprint density at radius 3 is 2.50 bits per heavy atom. The molecular weight excluding hydrogens is 187 g/mol. The number of rotatable bonds is 2.